The van der Waals surface area contributed by atoms with Crippen LogP contribution in [-0.4, -0.2) is 42.9 Å². The fourth-order valence-electron chi connectivity index (χ4n) is 3.13. The number of nitrogen functional groups attached to an aromatic ring is 1. The molecule has 0 aliphatic carbocycles. The molecule has 1 heterocycles. The molecule has 8 nitrogen and oxygen atoms in total. The molecule has 1 aromatic heterocycles. The first-order chi connectivity index (χ1) is 15.5. The number of aryl methyl sites for hydroxylation is 1. The lowest BCUT2D eigenvalue weighted by Crippen LogP contribution is -2.19. The second kappa shape index (κ2) is 9.55. The van der Waals surface area contributed by atoms with Gasteiger partial charge < -0.3 is 10.3 Å². The lowest BCUT2D eigenvalue weighted by atomic mass is 10.1. The maximum Gasteiger partial charge on any atom is 0.217 e. The van der Waals surface area contributed by atoms with E-state index in [1.807, 2.05) is 31.2 Å². The van der Waals surface area contributed by atoms with Gasteiger partial charge in [-0.1, -0.05) is 42.0 Å². The van der Waals surface area contributed by atoms with Crippen LogP contribution in [0.2, 0.25) is 0 Å². The molecule has 0 bridgehead atoms. The first-order valence-electron chi connectivity index (χ1n) is 10.1. The number of Topliss-reactive ketones (excluding diaryl/α,β-unsaturated/α-hetero) is 1. The predicted octanol–water partition coefficient (Wildman–Crippen LogP) is 4.13. The van der Waals surface area contributed by atoms with Crippen LogP contribution in [-0.2, 0) is 25.3 Å². The molecule has 0 aliphatic heterocycles. The number of sulfone groups is 1. The molecule has 0 amide bonds. The van der Waals surface area contributed by atoms with Crippen molar-refractivity contribution in [3.05, 3.63) is 71.5 Å². The molecule has 0 saturated carbocycles. The van der Waals surface area contributed by atoms with Crippen LogP contribution in [0.4, 0.5) is 5.82 Å². The molecular formula is C23H26N3O5PS. The van der Waals surface area contributed by atoms with Crippen molar-refractivity contribution in [2.45, 2.75) is 30.2 Å². The molecule has 2 aromatic carbocycles. The number of carbonyl (C=O) groups is 1. The molecule has 0 radical (unpaired) electrons. The molecule has 3 aromatic rings. The van der Waals surface area contributed by atoms with Crippen LogP contribution in [0.1, 0.15) is 28.5 Å². The summed E-state index contributed by atoms with van der Waals surface area (Å²) in [6.45, 7) is 4.63. The summed E-state index contributed by atoms with van der Waals surface area (Å²) in [5.41, 5.74) is 8.99. The molecule has 10 heteroatoms. The topological polar surface area (TPSA) is 129 Å². The van der Waals surface area contributed by atoms with E-state index in [2.05, 4.69) is 9.97 Å². The van der Waals surface area contributed by atoms with Gasteiger partial charge in [-0.25, -0.2) is 18.4 Å². The third-order valence-corrected chi connectivity index (χ3v) is 11.4. The molecule has 0 spiro atoms. The zero-order valence-corrected chi connectivity index (χ0v) is 20.6. The van der Waals surface area contributed by atoms with E-state index in [4.69, 9.17) is 10.3 Å². The maximum atomic E-state index is 12.9. The molecule has 3 rings (SSSR count). The molecule has 2 N–H and O–H groups in total. The van der Waals surface area contributed by atoms with Crippen LogP contribution in [0.3, 0.4) is 0 Å². The van der Waals surface area contributed by atoms with Crippen LogP contribution in [0, 0.1) is 6.92 Å². The van der Waals surface area contributed by atoms with Gasteiger partial charge in [0, 0.05) is 25.8 Å². The average molecular weight is 488 g/mol. The predicted molar refractivity (Wildman–Crippen MR) is 128 cm³/mol. The monoisotopic (exact) mass is 487 g/mol. The highest BCUT2D eigenvalue weighted by Crippen LogP contribution is 2.50. The molecular weight excluding hydrogens is 461 g/mol. The summed E-state index contributed by atoms with van der Waals surface area (Å²) in [7, 11) is -5.98. The SMILES string of the molecule is COP(C)(=O)C(C)S(=O)(=O)c1ccc(CC(=O)c2nc(-c3ccc(C)cc3)cnc2N)cc1. The van der Waals surface area contributed by atoms with E-state index in [-0.39, 0.29) is 28.6 Å². The van der Waals surface area contributed by atoms with Crippen LogP contribution >= 0.6 is 7.37 Å². The van der Waals surface area contributed by atoms with Gasteiger partial charge in [0.1, 0.15) is 10.7 Å². The Bertz CT molecular complexity index is 1320. The summed E-state index contributed by atoms with van der Waals surface area (Å²) in [5.74, 6) is -0.308. The fraction of sp³-hybridized carbons (Fsp3) is 0.261. The second-order valence-electron chi connectivity index (χ2n) is 7.83. The molecule has 0 aliphatic rings. The minimum Gasteiger partial charge on any atom is -0.382 e. The van der Waals surface area contributed by atoms with Gasteiger partial charge in [0.25, 0.3) is 0 Å². The minimum atomic E-state index is -3.87. The zero-order chi connectivity index (χ0) is 24.4. The Morgan fingerprint density at radius 3 is 2.30 bits per heavy atom. The normalized spacial score (nSPS) is 14.4. The Labute approximate surface area is 193 Å². The average Bonchev–Trinajstić information content (AvgIpc) is 2.79. The van der Waals surface area contributed by atoms with E-state index in [9.17, 15) is 17.8 Å². The van der Waals surface area contributed by atoms with Crippen molar-refractivity contribution in [2.75, 3.05) is 19.5 Å². The summed E-state index contributed by atoms with van der Waals surface area (Å²) >= 11 is 0. The lowest BCUT2D eigenvalue weighted by molar-refractivity contribution is 0.0989. The number of benzene rings is 2. The third kappa shape index (κ3) is 5.38. The number of ketones is 1. The summed E-state index contributed by atoms with van der Waals surface area (Å²) in [6.07, 6.45) is 1.49. The van der Waals surface area contributed by atoms with Crippen LogP contribution in [0.5, 0.6) is 0 Å². The highest BCUT2D eigenvalue weighted by atomic mass is 32.2. The van der Waals surface area contributed by atoms with Crippen molar-refractivity contribution in [2.24, 2.45) is 0 Å². The summed E-state index contributed by atoms with van der Waals surface area (Å²) < 4.78 is 42.8. The van der Waals surface area contributed by atoms with Crippen molar-refractivity contribution in [3.63, 3.8) is 0 Å². The van der Waals surface area contributed by atoms with Gasteiger partial charge in [-0.3, -0.25) is 9.36 Å². The maximum absolute atomic E-state index is 12.9. The number of hydrogen-bond acceptors (Lipinski definition) is 8. The Morgan fingerprint density at radius 2 is 1.73 bits per heavy atom. The summed E-state index contributed by atoms with van der Waals surface area (Å²) in [5, 5.41) is 0. The first kappa shape index (κ1) is 24.8. The smallest absolute Gasteiger partial charge is 0.217 e. The van der Waals surface area contributed by atoms with Crippen molar-refractivity contribution < 1.29 is 22.3 Å². The second-order valence-corrected chi connectivity index (χ2v) is 13.4. The van der Waals surface area contributed by atoms with Crippen LogP contribution < -0.4 is 5.73 Å². The molecule has 174 valence electrons. The number of anilines is 1. The first-order valence-corrected chi connectivity index (χ1v) is 13.8. The van der Waals surface area contributed by atoms with E-state index in [1.165, 1.54) is 39.0 Å². The number of hydrogen-bond donors (Lipinski definition) is 1. The van der Waals surface area contributed by atoms with Gasteiger partial charge in [0.05, 0.1) is 16.8 Å². The van der Waals surface area contributed by atoms with Gasteiger partial charge in [-0.05, 0) is 31.5 Å². The number of rotatable bonds is 8. The molecule has 0 saturated heterocycles. The van der Waals surface area contributed by atoms with Crippen LogP contribution in [0.25, 0.3) is 11.3 Å². The molecule has 33 heavy (non-hydrogen) atoms. The Kier molecular flexibility index (Phi) is 7.17. The Hall–Kier alpha value is -2.87. The number of nitrogens with zero attached hydrogens (tertiary/aromatic N) is 2. The molecule has 2 unspecified atom stereocenters. The van der Waals surface area contributed by atoms with E-state index >= 15 is 0 Å². The van der Waals surface area contributed by atoms with E-state index < -0.39 is 22.2 Å². The minimum absolute atomic E-state index is 0.00555. The standard InChI is InChI=1S/C23H26N3O5PS/c1-15-5-9-18(10-6-15)20-14-25-23(24)22(26-20)21(27)13-17-7-11-19(12-8-17)33(29,30)16(2)32(4,28)31-3/h5-12,14,16H,13H2,1-4H3,(H2,24,25). The van der Waals surface area contributed by atoms with Crippen LogP contribution in [0.15, 0.2) is 59.6 Å². The van der Waals surface area contributed by atoms with E-state index in [0.717, 1.165) is 11.1 Å². The van der Waals surface area contributed by atoms with Gasteiger partial charge in [-0.15, -0.1) is 0 Å². The van der Waals surface area contributed by atoms with E-state index in [0.29, 0.717) is 11.3 Å². The van der Waals surface area contributed by atoms with Gasteiger partial charge in [-0.2, -0.15) is 0 Å². The van der Waals surface area contributed by atoms with Gasteiger partial charge >= 0.3 is 0 Å². The van der Waals surface area contributed by atoms with Crippen molar-refractivity contribution in [1.82, 2.24) is 9.97 Å². The highest BCUT2D eigenvalue weighted by molar-refractivity contribution is 7.99. The summed E-state index contributed by atoms with van der Waals surface area (Å²) in [4.78, 5) is 20.2. The lowest BCUT2D eigenvalue weighted by Gasteiger charge is -2.19. The quantitative estimate of drug-likeness (QED) is 0.371. The molecule has 0 fully saturated rings. The summed E-state index contributed by atoms with van der Waals surface area (Å²) in [6, 6.07) is 13.5. The van der Waals surface area contributed by atoms with Crippen molar-refractivity contribution in [3.8, 4) is 11.3 Å². The van der Waals surface area contributed by atoms with E-state index in [1.54, 1.807) is 12.1 Å². The van der Waals surface area contributed by atoms with Crippen molar-refractivity contribution in [1.29, 1.82) is 0 Å². The van der Waals surface area contributed by atoms with Gasteiger partial charge in [0.15, 0.2) is 21.4 Å². The Morgan fingerprint density at radius 1 is 1.12 bits per heavy atom. The molecule has 2 atom stereocenters. The Balaban J connectivity index is 1.82. The van der Waals surface area contributed by atoms with Crippen molar-refractivity contribution >= 4 is 28.8 Å². The number of aromatic nitrogens is 2. The number of nitrogens with two attached hydrogens (primary N) is 1. The fourth-order valence-corrected chi connectivity index (χ4v) is 6.98. The zero-order valence-electron chi connectivity index (χ0n) is 18.8. The largest absolute Gasteiger partial charge is 0.382 e. The third-order valence-electron chi connectivity index (χ3n) is 5.50. The van der Waals surface area contributed by atoms with Gasteiger partial charge in [0.2, 0.25) is 7.37 Å². The number of carbonyl (C=O) groups excluding carboxylic acids is 1. The highest BCUT2D eigenvalue weighted by Gasteiger charge is 2.36.